The van der Waals surface area contributed by atoms with Gasteiger partial charge in [-0.15, -0.1) is 24.0 Å². The number of halogens is 1. The molecule has 166 valence electrons. The molecule has 6 nitrogen and oxygen atoms in total. The van der Waals surface area contributed by atoms with Crippen molar-refractivity contribution in [2.45, 2.75) is 51.1 Å². The standard InChI is InChI=1S/C23H34N4O2.HI/c1-3-24-22(26-18(2)21-16-19-8-4-5-9-20(19)29-21)25-17-23(10-14-28-15-11-23)27-12-6-7-13-27;/h4-5,8-9,16,18H,3,6-7,10-15,17H2,1-2H3,(H2,24,25,26);1H. The molecule has 1 atom stereocenters. The summed E-state index contributed by atoms with van der Waals surface area (Å²) in [5, 5.41) is 8.08. The molecule has 2 aliphatic heterocycles. The molecule has 2 fully saturated rings. The molecular weight excluding hydrogens is 491 g/mol. The van der Waals surface area contributed by atoms with Gasteiger partial charge in [0.25, 0.3) is 0 Å². The van der Waals surface area contributed by atoms with Crippen LogP contribution >= 0.6 is 24.0 Å². The van der Waals surface area contributed by atoms with Crippen molar-refractivity contribution in [1.29, 1.82) is 0 Å². The number of guanidine groups is 1. The van der Waals surface area contributed by atoms with Gasteiger partial charge in [-0.3, -0.25) is 9.89 Å². The van der Waals surface area contributed by atoms with Gasteiger partial charge in [0.1, 0.15) is 11.3 Å². The maximum Gasteiger partial charge on any atom is 0.191 e. The fourth-order valence-corrected chi connectivity index (χ4v) is 4.56. The van der Waals surface area contributed by atoms with Gasteiger partial charge in [0.2, 0.25) is 0 Å². The number of aliphatic imine (C=N–C) groups is 1. The molecule has 0 aliphatic carbocycles. The first-order valence-corrected chi connectivity index (χ1v) is 11.1. The minimum absolute atomic E-state index is 0. The van der Waals surface area contributed by atoms with Gasteiger partial charge in [0.15, 0.2) is 5.96 Å². The minimum Gasteiger partial charge on any atom is -0.459 e. The highest BCUT2D eigenvalue weighted by Gasteiger charge is 2.39. The highest BCUT2D eigenvalue weighted by molar-refractivity contribution is 14.0. The van der Waals surface area contributed by atoms with Crippen molar-refractivity contribution < 1.29 is 9.15 Å². The third kappa shape index (κ3) is 5.29. The fourth-order valence-electron chi connectivity index (χ4n) is 4.56. The number of para-hydroxylation sites is 1. The third-order valence-electron chi connectivity index (χ3n) is 6.30. The first kappa shape index (κ1) is 23.3. The number of fused-ring (bicyclic) bond motifs is 1. The molecule has 2 N–H and O–H groups in total. The Morgan fingerprint density at radius 1 is 1.20 bits per heavy atom. The molecule has 0 amide bonds. The van der Waals surface area contributed by atoms with Crippen LogP contribution in [-0.2, 0) is 4.74 Å². The molecule has 30 heavy (non-hydrogen) atoms. The van der Waals surface area contributed by atoms with Crippen LogP contribution in [0.15, 0.2) is 39.7 Å². The summed E-state index contributed by atoms with van der Waals surface area (Å²) in [6.45, 7) is 9.92. The average molecular weight is 526 g/mol. The lowest BCUT2D eigenvalue weighted by molar-refractivity contribution is -0.0139. The van der Waals surface area contributed by atoms with Crippen LogP contribution in [0.3, 0.4) is 0 Å². The molecule has 0 saturated carbocycles. The van der Waals surface area contributed by atoms with Crippen LogP contribution in [0.5, 0.6) is 0 Å². The van der Waals surface area contributed by atoms with Gasteiger partial charge in [-0.2, -0.15) is 0 Å². The number of likely N-dealkylation sites (tertiary alicyclic amines) is 1. The monoisotopic (exact) mass is 526 g/mol. The smallest absolute Gasteiger partial charge is 0.191 e. The zero-order valence-corrected chi connectivity index (χ0v) is 20.5. The minimum atomic E-state index is 0. The summed E-state index contributed by atoms with van der Waals surface area (Å²) in [6.07, 6.45) is 4.73. The topological polar surface area (TPSA) is 62.0 Å². The normalized spacial score (nSPS) is 20.7. The van der Waals surface area contributed by atoms with Crippen molar-refractivity contribution in [3.05, 3.63) is 36.1 Å². The number of hydrogen-bond donors (Lipinski definition) is 2. The second-order valence-corrected chi connectivity index (χ2v) is 8.28. The summed E-state index contributed by atoms with van der Waals surface area (Å²) >= 11 is 0. The summed E-state index contributed by atoms with van der Waals surface area (Å²) in [5.74, 6) is 1.78. The van der Waals surface area contributed by atoms with Crippen molar-refractivity contribution in [3.8, 4) is 0 Å². The van der Waals surface area contributed by atoms with Gasteiger partial charge < -0.3 is 19.8 Å². The first-order chi connectivity index (χ1) is 14.2. The van der Waals surface area contributed by atoms with Gasteiger partial charge in [0, 0.05) is 30.7 Å². The summed E-state index contributed by atoms with van der Waals surface area (Å²) in [7, 11) is 0. The van der Waals surface area contributed by atoms with Crippen molar-refractivity contribution >= 4 is 40.9 Å². The Balaban J connectivity index is 0.00000256. The first-order valence-electron chi connectivity index (χ1n) is 11.1. The van der Waals surface area contributed by atoms with E-state index in [2.05, 4.69) is 41.5 Å². The Bertz CT molecular complexity index is 792. The number of furan rings is 1. The number of nitrogens with zero attached hydrogens (tertiary/aromatic N) is 2. The molecule has 1 unspecified atom stereocenters. The van der Waals surface area contributed by atoms with Gasteiger partial charge in [0.05, 0.1) is 12.6 Å². The quantitative estimate of drug-likeness (QED) is 0.334. The van der Waals surface area contributed by atoms with E-state index >= 15 is 0 Å². The molecule has 7 heteroatoms. The Kier molecular flexibility index (Phi) is 8.42. The SMILES string of the molecule is CCNC(=NCC1(N2CCCC2)CCOCC1)NC(C)c1cc2ccccc2o1.I. The lowest BCUT2D eigenvalue weighted by Crippen LogP contribution is -2.54. The van der Waals surface area contributed by atoms with Crippen molar-refractivity contribution in [2.24, 2.45) is 4.99 Å². The average Bonchev–Trinajstić information content (AvgIpc) is 3.43. The van der Waals surface area contributed by atoms with E-state index in [0.29, 0.717) is 0 Å². The van der Waals surface area contributed by atoms with Gasteiger partial charge in [-0.05, 0) is 64.8 Å². The summed E-state index contributed by atoms with van der Waals surface area (Å²) in [6, 6.07) is 10.3. The van der Waals surface area contributed by atoms with Gasteiger partial charge >= 0.3 is 0 Å². The predicted octanol–water partition coefficient (Wildman–Crippen LogP) is 4.31. The van der Waals surface area contributed by atoms with E-state index in [4.69, 9.17) is 14.1 Å². The van der Waals surface area contributed by atoms with E-state index < -0.39 is 0 Å². The van der Waals surface area contributed by atoms with E-state index in [1.807, 2.05) is 18.2 Å². The van der Waals surface area contributed by atoms with Crippen LogP contribution < -0.4 is 10.6 Å². The molecule has 2 aromatic rings. The molecule has 0 bridgehead atoms. The molecule has 2 aliphatic rings. The Morgan fingerprint density at radius 3 is 2.63 bits per heavy atom. The van der Waals surface area contributed by atoms with Crippen molar-refractivity contribution in [2.75, 3.05) is 39.4 Å². The zero-order chi connectivity index (χ0) is 20.1. The van der Waals surface area contributed by atoms with Gasteiger partial charge in [-0.25, -0.2) is 0 Å². The summed E-state index contributed by atoms with van der Waals surface area (Å²) < 4.78 is 11.7. The molecule has 3 heterocycles. The number of ether oxygens (including phenoxy) is 1. The van der Waals surface area contributed by atoms with E-state index in [1.54, 1.807) is 0 Å². The number of hydrogen-bond acceptors (Lipinski definition) is 4. The van der Waals surface area contributed by atoms with Crippen LogP contribution in [0.1, 0.15) is 51.3 Å². The summed E-state index contributed by atoms with van der Waals surface area (Å²) in [5.41, 5.74) is 1.06. The van der Waals surface area contributed by atoms with Crippen LogP contribution in [0.25, 0.3) is 11.0 Å². The van der Waals surface area contributed by atoms with Crippen LogP contribution in [0.4, 0.5) is 0 Å². The van der Waals surface area contributed by atoms with Crippen LogP contribution in [0, 0.1) is 0 Å². The molecule has 1 aromatic carbocycles. The van der Waals surface area contributed by atoms with E-state index in [9.17, 15) is 0 Å². The molecule has 2 saturated heterocycles. The molecule has 0 radical (unpaired) electrons. The van der Waals surface area contributed by atoms with Crippen LogP contribution in [-0.4, -0.2) is 55.8 Å². The fraction of sp³-hybridized carbons (Fsp3) is 0.609. The lowest BCUT2D eigenvalue weighted by atomic mass is 9.88. The highest BCUT2D eigenvalue weighted by Crippen LogP contribution is 2.31. The lowest BCUT2D eigenvalue weighted by Gasteiger charge is -2.43. The van der Waals surface area contributed by atoms with E-state index in [0.717, 1.165) is 61.8 Å². The van der Waals surface area contributed by atoms with E-state index in [-0.39, 0.29) is 35.6 Å². The Labute approximate surface area is 196 Å². The van der Waals surface area contributed by atoms with Crippen molar-refractivity contribution in [1.82, 2.24) is 15.5 Å². The number of benzene rings is 1. The second-order valence-electron chi connectivity index (χ2n) is 8.28. The molecule has 1 aromatic heterocycles. The number of nitrogens with one attached hydrogen (secondary N) is 2. The third-order valence-corrected chi connectivity index (χ3v) is 6.30. The Morgan fingerprint density at radius 2 is 1.93 bits per heavy atom. The highest BCUT2D eigenvalue weighted by atomic mass is 127. The van der Waals surface area contributed by atoms with Gasteiger partial charge in [-0.1, -0.05) is 18.2 Å². The molecule has 4 rings (SSSR count). The Hall–Kier alpha value is -1.32. The molecule has 0 spiro atoms. The summed E-state index contributed by atoms with van der Waals surface area (Å²) in [4.78, 5) is 7.69. The zero-order valence-electron chi connectivity index (χ0n) is 18.2. The molecular formula is C23H35IN4O2. The van der Waals surface area contributed by atoms with Crippen molar-refractivity contribution in [3.63, 3.8) is 0 Å². The van der Waals surface area contributed by atoms with E-state index in [1.165, 1.54) is 25.9 Å². The largest absolute Gasteiger partial charge is 0.459 e. The predicted molar refractivity (Wildman–Crippen MR) is 133 cm³/mol. The maximum atomic E-state index is 6.03. The number of rotatable bonds is 6. The maximum absolute atomic E-state index is 6.03. The van der Waals surface area contributed by atoms with Crippen LogP contribution in [0.2, 0.25) is 0 Å². The second kappa shape index (κ2) is 10.8.